The number of benzene rings is 3. The number of alkyl carbamates (subject to hydrolysis) is 1. The van der Waals surface area contributed by atoms with Gasteiger partial charge in [-0.1, -0.05) is 48.5 Å². The molecule has 1 saturated carbocycles. The maximum absolute atomic E-state index is 13.8. The lowest BCUT2D eigenvalue weighted by atomic mass is 9.81. The minimum Gasteiger partial charge on any atom is -0.444 e. The maximum Gasteiger partial charge on any atom is 0.407 e. The van der Waals surface area contributed by atoms with Crippen LogP contribution in [0.15, 0.2) is 72.8 Å². The highest BCUT2D eigenvalue weighted by molar-refractivity contribution is 5.99. The molecule has 5 N–H and O–H groups in total. The van der Waals surface area contributed by atoms with E-state index in [0.717, 1.165) is 41.6 Å². The molecule has 0 aliphatic heterocycles. The van der Waals surface area contributed by atoms with Crippen molar-refractivity contribution in [3.63, 3.8) is 0 Å². The molecule has 1 aliphatic rings. The van der Waals surface area contributed by atoms with Crippen LogP contribution in [-0.4, -0.2) is 79.8 Å². The summed E-state index contributed by atoms with van der Waals surface area (Å²) in [5, 5.41) is 19.7. The molecule has 11 nitrogen and oxygen atoms in total. The van der Waals surface area contributed by atoms with Crippen LogP contribution in [0.1, 0.15) is 74.9 Å². The van der Waals surface area contributed by atoms with E-state index >= 15 is 0 Å². The second-order valence-corrected chi connectivity index (χ2v) is 14.9. The predicted molar refractivity (Wildman–Crippen MR) is 206 cm³/mol. The highest BCUT2D eigenvalue weighted by Crippen LogP contribution is 2.29. The summed E-state index contributed by atoms with van der Waals surface area (Å²) in [6, 6.07) is 21.4. The average molecular weight is 711 g/mol. The molecule has 52 heavy (non-hydrogen) atoms. The van der Waals surface area contributed by atoms with E-state index in [-0.39, 0.29) is 36.0 Å². The van der Waals surface area contributed by atoms with E-state index in [0.29, 0.717) is 42.9 Å². The first kappa shape index (κ1) is 39.8. The molecule has 0 aromatic heterocycles. The fourth-order valence-electron chi connectivity index (χ4n) is 6.15. The second kappa shape index (κ2) is 18.5. The van der Waals surface area contributed by atoms with E-state index in [1.165, 1.54) is 0 Å². The smallest absolute Gasteiger partial charge is 0.407 e. The van der Waals surface area contributed by atoms with Gasteiger partial charge in [-0.3, -0.25) is 14.4 Å². The summed E-state index contributed by atoms with van der Waals surface area (Å²) in [5.41, 5.74) is 4.36. The number of carbonyl (C=O) groups excluding carboxylic acids is 4. The lowest BCUT2D eigenvalue weighted by molar-refractivity contribution is -0.130. The zero-order valence-corrected chi connectivity index (χ0v) is 31.3. The number of likely N-dealkylation sites (N-methyl/N-ethyl adjacent to an activating group) is 1. The van der Waals surface area contributed by atoms with Gasteiger partial charge in [-0.05, 0) is 120 Å². The number of rotatable bonds is 14. The monoisotopic (exact) mass is 710 g/mol. The molecule has 0 saturated heterocycles. The Morgan fingerprint density at radius 3 is 2.15 bits per heavy atom. The number of anilines is 1. The fourth-order valence-corrected chi connectivity index (χ4v) is 6.15. The Balaban J connectivity index is 1.46. The van der Waals surface area contributed by atoms with Gasteiger partial charge in [-0.2, -0.15) is 0 Å². The van der Waals surface area contributed by atoms with Crippen molar-refractivity contribution >= 4 is 35.2 Å². The van der Waals surface area contributed by atoms with Crippen molar-refractivity contribution in [2.45, 2.75) is 71.4 Å². The molecule has 3 aromatic rings. The van der Waals surface area contributed by atoms with Crippen LogP contribution in [0.25, 0.3) is 11.1 Å². The molecule has 0 radical (unpaired) electrons. The van der Waals surface area contributed by atoms with Crippen LogP contribution in [0.2, 0.25) is 0 Å². The summed E-state index contributed by atoms with van der Waals surface area (Å²) in [7, 11) is 3.91. The third-order valence-corrected chi connectivity index (χ3v) is 9.04. The summed E-state index contributed by atoms with van der Waals surface area (Å²) < 4.78 is 5.35. The van der Waals surface area contributed by atoms with Crippen LogP contribution < -0.4 is 21.3 Å². The van der Waals surface area contributed by atoms with Gasteiger partial charge < -0.3 is 36.3 Å². The van der Waals surface area contributed by atoms with Gasteiger partial charge in [0.25, 0.3) is 5.91 Å². The van der Waals surface area contributed by atoms with Crippen molar-refractivity contribution in [3.8, 4) is 11.1 Å². The SMILES string of the molecule is CC(=N)c1ccc(NC(=O)[C@H](Cc2cccc(-c3cccc(C(=O)NCCN(C)C)c3)c2)NC(=O)C2CCC(CNC(=O)OC(C)(C)C)CC2)cc1. The molecule has 278 valence electrons. The lowest BCUT2D eigenvalue weighted by Crippen LogP contribution is -2.48. The second-order valence-electron chi connectivity index (χ2n) is 14.9. The van der Waals surface area contributed by atoms with E-state index in [1.807, 2.05) is 82.2 Å². The Kier molecular flexibility index (Phi) is 14.1. The average Bonchev–Trinajstić information content (AvgIpc) is 3.10. The highest BCUT2D eigenvalue weighted by atomic mass is 16.6. The van der Waals surface area contributed by atoms with Crippen LogP contribution in [-0.2, 0) is 20.7 Å². The topological polar surface area (TPSA) is 153 Å². The van der Waals surface area contributed by atoms with Crippen LogP contribution >= 0.6 is 0 Å². The first-order valence-corrected chi connectivity index (χ1v) is 18.0. The first-order valence-electron chi connectivity index (χ1n) is 18.0. The number of nitrogens with one attached hydrogen (secondary N) is 5. The molecule has 3 aromatic carbocycles. The zero-order chi connectivity index (χ0) is 37.8. The van der Waals surface area contributed by atoms with E-state index in [4.69, 9.17) is 10.1 Å². The van der Waals surface area contributed by atoms with Crippen LogP contribution in [0.3, 0.4) is 0 Å². The molecule has 1 fully saturated rings. The molecule has 11 heteroatoms. The zero-order valence-electron chi connectivity index (χ0n) is 31.3. The van der Waals surface area contributed by atoms with Crippen molar-refractivity contribution < 1.29 is 23.9 Å². The van der Waals surface area contributed by atoms with Gasteiger partial charge in [0.15, 0.2) is 0 Å². The number of hydrogen-bond donors (Lipinski definition) is 5. The highest BCUT2D eigenvalue weighted by Gasteiger charge is 2.30. The Labute approximate surface area is 307 Å². The molecule has 4 amide bonds. The van der Waals surface area contributed by atoms with Gasteiger partial charge in [0.1, 0.15) is 11.6 Å². The molecule has 1 atom stereocenters. The van der Waals surface area contributed by atoms with Crippen LogP contribution in [0.5, 0.6) is 0 Å². The molecular formula is C41H54N6O5. The van der Waals surface area contributed by atoms with Gasteiger partial charge in [0.2, 0.25) is 11.8 Å². The summed E-state index contributed by atoms with van der Waals surface area (Å²) >= 11 is 0. The van der Waals surface area contributed by atoms with Gasteiger partial charge >= 0.3 is 6.09 Å². The predicted octanol–water partition coefficient (Wildman–Crippen LogP) is 6.03. The molecule has 4 rings (SSSR count). The van der Waals surface area contributed by atoms with Gasteiger partial charge in [0, 0.05) is 48.9 Å². The molecule has 0 bridgehead atoms. The van der Waals surface area contributed by atoms with Crippen molar-refractivity contribution in [2.24, 2.45) is 11.8 Å². The van der Waals surface area contributed by atoms with E-state index < -0.39 is 17.7 Å². The summed E-state index contributed by atoms with van der Waals surface area (Å²) in [6.45, 7) is 8.95. The van der Waals surface area contributed by atoms with E-state index in [9.17, 15) is 19.2 Å². The van der Waals surface area contributed by atoms with Crippen molar-refractivity contribution in [2.75, 3.05) is 39.0 Å². The van der Waals surface area contributed by atoms with Crippen LogP contribution in [0, 0.1) is 17.2 Å². The number of nitrogens with zero attached hydrogens (tertiary/aromatic N) is 1. The number of carbonyl (C=O) groups is 4. The molecule has 0 heterocycles. The molecular weight excluding hydrogens is 656 g/mol. The number of ether oxygens (including phenoxy) is 1. The third kappa shape index (κ3) is 12.6. The Hall–Kier alpha value is -5.03. The van der Waals surface area contributed by atoms with Gasteiger partial charge in [-0.25, -0.2) is 4.79 Å². The van der Waals surface area contributed by atoms with Crippen LogP contribution in [0.4, 0.5) is 10.5 Å². The van der Waals surface area contributed by atoms with Gasteiger partial charge in [-0.15, -0.1) is 0 Å². The molecule has 0 unspecified atom stereocenters. The summed E-state index contributed by atoms with van der Waals surface area (Å²) in [6.07, 6.45) is 2.67. The Morgan fingerprint density at radius 1 is 0.865 bits per heavy atom. The van der Waals surface area contributed by atoms with E-state index in [2.05, 4.69) is 21.3 Å². The van der Waals surface area contributed by atoms with E-state index in [1.54, 1.807) is 37.3 Å². The number of amides is 4. The fraction of sp³-hybridized carbons (Fsp3) is 0.439. The quantitative estimate of drug-likeness (QED) is 0.129. The van der Waals surface area contributed by atoms with Crippen molar-refractivity contribution in [1.82, 2.24) is 20.9 Å². The largest absolute Gasteiger partial charge is 0.444 e. The van der Waals surface area contributed by atoms with Crippen molar-refractivity contribution in [1.29, 1.82) is 5.41 Å². The maximum atomic E-state index is 13.8. The lowest BCUT2D eigenvalue weighted by Gasteiger charge is -2.29. The van der Waals surface area contributed by atoms with Gasteiger partial charge in [0.05, 0.1) is 0 Å². The standard InChI is InChI=1S/C41H54N6O5/c1-27(42)30-17-19-35(20-18-30)45-39(50)36(46-38(49)31-15-13-28(14-16-31)26-44-40(51)52-41(2,3)4)24-29-9-7-10-32(23-29)33-11-8-12-34(25-33)37(48)43-21-22-47(5)6/h7-12,17-20,23,25,28,31,36,42H,13-16,21-22,24,26H2,1-6H3,(H,43,48)(H,44,51)(H,45,50)(H,46,49)/t28?,31?,36-/m0/s1. The summed E-state index contributed by atoms with van der Waals surface area (Å²) in [4.78, 5) is 54.4. The Bertz CT molecular complexity index is 1710. The van der Waals surface area contributed by atoms with Crippen molar-refractivity contribution in [3.05, 3.63) is 89.5 Å². The molecule has 1 aliphatic carbocycles. The third-order valence-electron chi connectivity index (χ3n) is 9.04. The minimum atomic E-state index is -0.854. The molecule has 0 spiro atoms. The first-order chi connectivity index (χ1) is 24.7. The Morgan fingerprint density at radius 2 is 1.52 bits per heavy atom. The number of hydrogen-bond acceptors (Lipinski definition) is 7. The summed E-state index contributed by atoms with van der Waals surface area (Å²) in [5.74, 6) is -0.659. The minimum absolute atomic E-state index is 0.142. The normalized spacial score (nSPS) is 16.4.